The molecule has 4 aromatic rings. The van der Waals surface area contributed by atoms with Crippen LogP contribution in [0.1, 0.15) is 48.9 Å². The second-order valence-electron chi connectivity index (χ2n) is 11.4. The average molecular weight is 533 g/mol. The zero-order valence-electron chi connectivity index (χ0n) is 22.4. The van der Waals surface area contributed by atoms with E-state index in [1.807, 2.05) is 36.4 Å². The number of benzene rings is 3. The van der Waals surface area contributed by atoms with Crippen molar-refractivity contribution in [1.82, 2.24) is 14.9 Å². The fourth-order valence-corrected chi connectivity index (χ4v) is 7.03. The predicted molar refractivity (Wildman–Crippen MR) is 150 cm³/mol. The molecule has 3 aliphatic heterocycles. The summed E-state index contributed by atoms with van der Waals surface area (Å²) in [6.45, 7) is 5.66. The van der Waals surface area contributed by atoms with E-state index in [1.165, 1.54) is 11.8 Å². The van der Waals surface area contributed by atoms with Gasteiger partial charge in [0.05, 0.1) is 34.1 Å². The van der Waals surface area contributed by atoms with Crippen LogP contribution in [0.2, 0.25) is 0 Å². The third-order valence-corrected chi connectivity index (χ3v) is 8.62. The van der Waals surface area contributed by atoms with Crippen molar-refractivity contribution >= 4 is 34.2 Å². The molecule has 0 radical (unpaired) electrons. The number of hydrogen-bond donors (Lipinski definition) is 1. The fourth-order valence-electron chi connectivity index (χ4n) is 7.03. The number of carbonyl (C=O) groups is 3. The Balaban J connectivity index is 1.48. The van der Waals surface area contributed by atoms with Gasteiger partial charge < -0.3 is 0 Å². The van der Waals surface area contributed by atoms with E-state index in [0.717, 1.165) is 5.56 Å². The predicted octanol–water partition coefficient (Wildman–Crippen LogP) is 3.97. The molecule has 0 saturated carbocycles. The molecular formula is C32H28N4O4. The van der Waals surface area contributed by atoms with Gasteiger partial charge in [-0.15, -0.1) is 0 Å². The van der Waals surface area contributed by atoms with Crippen molar-refractivity contribution < 1.29 is 14.4 Å². The molecule has 8 heteroatoms. The fraction of sp³-hybridized carbons (Fsp3) is 0.281. The maximum atomic E-state index is 14.5. The van der Waals surface area contributed by atoms with Crippen LogP contribution in [0.15, 0.2) is 77.6 Å². The molecule has 7 rings (SSSR count). The van der Waals surface area contributed by atoms with Gasteiger partial charge in [-0.05, 0) is 61.7 Å². The molecule has 0 unspecified atom stereocenters. The molecule has 40 heavy (non-hydrogen) atoms. The number of imide groups is 1. The number of nitrogens with one attached hydrogen (secondary N) is 1. The molecule has 8 nitrogen and oxygen atoms in total. The third kappa shape index (κ3) is 3.14. The van der Waals surface area contributed by atoms with Crippen LogP contribution in [-0.4, -0.2) is 33.2 Å². The minimum Gasteiger partial charge on any atom is -0.297 e. The van der Waals surface area contributed by atoms with Crippen LogP contribution in [0.5, 0.6) is 0 Å². The van der Waals surface area contributed by atoms with Crippen molar-refractivity contribution in [1.29, 1.82) is 0 Å². The van der Waals surface area contributed by atoms with Gasteiger partial charge in [-0.25, -0.2) is 9.88 Å². The number of hydrogen-bond acceptors (Lipinski definition) is 6. The SMILES string of the molecule is CC(=O)c1ccc(N2C(=O)[C@@H]3[C@@H](CC(C)C)N[C@]4(c5ccccc5-n5c4nc4ccccc4c5=O)[C@H]3C2=O)cc1. The van der Waals surface area contributed by atoms with Crippen molar-refractivity contribution in [3.63, 3.8) is 0 Å². The second kappa shape index (κ2) is 8.53. The van der Waals surface area contributed by atoms with Crippen molar-refractivity contribution in [2.45, 2.75) is 38.8 Å². The van der Waals surface area contributed by atoms with Gasteiger partial charge in [-0.3, -0.25) is 29.1 Å². The summed E-state index contributed by atoms with van der Waals surface area (Å²) in [5.41, 5.74) is 1.56. The van der Waals surface area contributed by atoms with E-state index >= 15 is 0 Å². The van der Waals surface area contributed by atoms with Crippen LogP contribution in [0.3, 0.4) is 0 Å². The summed E-state index contributed by atoms with van der Waals surface area (Å²) < 4.78 is 1.61. The van der Waals surface area contributed by atoms with Crippen LogP contribution >= 0.6 is 0 Å². The van der Waals surface area contributed by atoms with Gasteiger partial charge in [0.1, 0.15) is 11.4 Å². The number of para-hydroxylation sites is 2. The lowest BCUT2D eigenvalue weighted by molar-refractivity contribution is -0.123. The molecule has 0 bridgehead atoms. The first-order chi connectivity index (χ1) is 19.2. The van der Waals surface area contributed by atoms with Crippen molar-refractivity contribution in [2.24, 2.45) is 17.8 Å². The van der Waals surface area contributed by atoms with E-state index in [9.17, 15) is 19.2 Å². The topological polar surface area (TPSA) is 101 Å². The van der Waals surface area contributed by atoms with E-state index in [2.05, 4.69) is 19.2 Å². The Kier molecular flexibility index (Phi) is 5.25. The van der Waals surface area contributed by atoms with Crippen LogP contribution < -0.4 is 15.8 Å². The number of rotatable bonds is 4. The van der Waals surface area contributed by atoms with E-state index in [4.69, 9.17) is 4.98 Å². The third-order valence-electron chi connectivity index (χ3n) is 8.62. The maximum Gasteiger partial charge on any atom is 0.266 e. The summed E-state index contributed by atoms with van der Waals surface area (Å²) in [6, 6.07) is 21.0. The Morgan fingerprint density at radius 2 is 1.65 bits per heavy atom. The second-order valence-corrected chi connectivity index (χ2v) is 11.4. The maximum absolute atomic E-state index is 14.5. The van der Waals surface area contributed by atoms with E-state index in [0.29, 0.717) is 40.1 Å². The first-order valence-corrected chi connectivity index (χ1v) is 13.6. The summed E-state index contributed by atoms with van der Waals surface area (Å²) in [4.78, 5) is 60.6. The van der Waals surface area contributed by atoms with E-state index < -0.39 is 17.4 Å². The van der Waals surface area contributed by atoms with Crippen LogP contribution in [0, 0.1) is 17.8 Å². The minimum atomic E-state index is -1.16. The molecule has 2 fully saturated rings. The molecule has 0 aliphatic carbocycles. The molecule has 4 heterocycles. The summed E-state index contributed by atoms with van der Waals surface area (Å²) >= 11 is 0. The Bertz CT molecular complexity index is 1810. The summed E-state index contributed by atoms with van der Waals surface area (Å²) in [5, 5.41) is 4.22. The van der Waals surface area contributed by atoms with Crippen LogP contribution in [-0.2, 0) is 15.1 Å². The van der Waals surface area contributed by atoms with E-state index in [-0.39, 0.29) is 35.1 Å². The van der Waals surface area contributed by atoms with Gasteiger partial charge >= 0.3 is 0 Å². The largest absolute Gasteiger partial charge is 0.297 e. The molecule has 1 N–H and O–H groups in total. The van der Waals surface area contributed by atoms with Gasteiger partial charge in [-0.1, -0.05) is 44.2 Å². The number of aromatic nitrogens is 2. The van der Waals surface area contributed by atoms with Gasteiger partial charge in [0.15, 0.2) is 5.78 Å². The molecule has 4 atom stereocenters. The number of ketones is 1. The molecule has 3 aromatic carbocycles. The summed E-state index contributed by atoms with van der Waals surface area (Å²) in [5.74, 6) is -1.47. The monoisotopic (exact) mass is 532 g/mol. The molecule has 2 saturated heterocycles. The van der Waals surface area contributed by atoms with Gasteiger partial charge in [0.2, 0.25) is 11.8 Å². The minimum absolute atomic E-state index is 0.0921. The van der Waals surface area contributed by atoms with Gasteiger partial charge in [-0.2, -0.15) is 0 Å². The molecular weight excluding hydrogens is 504 g/mol. The Morgan fingerprint density at radius 3 is 2.38 bits per heavy atom. The van der Waals surface area contributed by atoms with Gasteiger partial charge in [0, 0.05) is 17.2 Å². The number of anilines is 1. The van der Waals surface area contributed by atoms with E-state index in [1.54, 1.807) is 41.0 Å². The average Bonchev–Trinajstić information content (AvgIpc) is 3.51. The van der Waals surface area contributed by atoms with Crippen molar-refractivity contribution in [3.05, 3.63) is 100 Å². The first-order valence-electron chi connectivity index (χ1n) is 13.6. The van der Waals surface area contributed by atoms with Crippen LogP contribution in [0.4, 0.5) is 5.69 Å². The lowest BCUT2D eigenvalue weighted by Gasteiger charge is -2.32. The van der Waals surface area contributed by atoms with Crippen molar-refractivity contribution in [3.8, 4) is 5.69 Å². The zero-order valence-corrected chi connectivity index (χ0v) is 22.4. The molecule has 1 aromatic heterocycles. The Morgan fingerprint density at radius 1 is 0.950 bits per heavy atom. The molecule has 1 spiro atoms. The summed E-state index contributed by atoms with van der Waals surface area (Å²) in [7, 11) is 0. The lowest BCUT2D eigenvalue weighted by Crippen LogP contribution is -2.50. The lowest BCUT2D eigenvalue weighted by atomic mass is 9.75. The number of amides is 2. The van der Waals surface area contributed by atoms with Crippen LogP contribution in [0.25, 0.3) is 16.6 Å². The normalized spacial score (nSPS) is 24.7. The van der Waals surface area contributed by atoms with Crippen molar-refractivity contribution in [2.75, 3.05) is 4.90 Å². The highest BCUT2D eigenvalue weighted by Gasteiger charge is 2.69. The Hall–Kier alpha value is -4.43. The zero-order chi connectivity index (χ0) is 27.9. The standard InChI is InChI=1S/C32H28N4O4/c1-17(2)16-24-26-27(30(40)35(29(26)39)20-14-12-19(13-15-20)18(3)37)32(34-24)22-9-5-7-11-25(22)36-28(38)21-8-4-6-10-23(21)33-31(32)36/h4-15,17,24,26-27,34H,16H2,1-3H3/t24-,26-,27-,32-/m1/s1. The quantitative estimate of drug-likeness (QED) is 0.315. The first kappa shape index (κ1) is 24.6. The number of carbonyl (C=O) groups excluding carboxylic acids is 3. The highest BCUT2D eigenvalue weighted by molar-refractivity contribution is 6.23. The number of fused-ring (bicyclic) bond motifs is 8. The molecule has 3 aliphatic rings. The number of nitrogens with zero attached hydrogens (tertiary/aromatic N) is 3. The molecule has 200 valence electrons. The number of Topliss-reactive ketones (excluding diaryl/α,β-unsaturated/α-hetero) is 1. The van der Waals surface area contributed by atoms with Gasteiger partial charge in [0.25, 0.3) is 5.56 Å². The highest BCUT2D eigenvalue weighted by Crippen LogP contribution is 2.56. The smallest absolute Gasteiger partial charge is 0.266 e. The molecule has 2 amide bonds. The highest BCUT2D eigenvalue weighted by atomic mass is 16.2. The Labute approximate surface area is 230 Å². The summed E-state index contributed by atoms with van der Waals surface area (Å²) in [6.07, 6.45) is 0.666.